The summed E-state index contributed by atoms with van der Waals surface area (Å²) in [6, 6.07) is 9.52. The predicted molar refractivity (Wildman–Crippen MR) is 97.9 cm³/mol. The number of hydrogen-bond donors (Lipinski definition) is 2. The molecule has 1 aliphatic rings. The maximum Gasteiger partial charge on any atom is 0.225 e. The fourth-order valence-electron chi connectivity index (χ4n) is 3.26. The molecule has 138 valence electrons. The number of piperidine rings is 1. The Labute approximate surface area is 150 Å². The van der Waals surface area contributed by atoms with Crippen LogP contribution < -0.4 is 5.32 Å². The van der Waals surface area contributed by atoms with E-state index in [-0.39, 0.29) is 36.3 Å². The highest BCUT2D eigenvalue weighted by Crippen LogP contribution is 2.20. The fraction of sp³-hybridized carbons (Fsp3) is 0.600. The lowest BCUT2D eigenvalue weighted by atomic mass is 9.95. The zero-order chi connectivity index (χ0) is 18.2. The average molecular weight is 346 g/mol. The van der Waals surface area contributed by atoms with Gasteiger partial charge >= 0.3 is 0 Å². The average Bonchev–Trinajstić information content (AvgIpc) is 2.67. The lowest BCUT2D eigenvalue weighted by Crippen LogP contribution is -2.49. The predicted octanol–water partition coefficient (Wildman–Crippen LogP) is 1.99. The van der Waals surface area contributed by atoms with Crippen molar-refractivity contribution < 1.29 is 14.7 Å². The van der Waals surface area contributed by atoms with E-state index in [1.54, 1.807) is 0 Å². The van der Waals surface area contributed by atoms with Gasteiger partial charge in [0.25, 0.3) is 0 Å². The van der Waals surface area contributed by atoms with Crippen molar-refractivity contribution in [2.45, 2.75) is 45.6 Å². The van der Waals surface area contributed by atoms with Gasteiger partial charge in [0.2, 0.25) is 11.8 Å². The molecule has 0 spiro atoms. The van der Waals surface area contributed by atoms with Crippen molar-refractivity contribution in [1.82, 2.24) is 10.2 Å². The van der Waals surface area contributed by atoms with Gasteiger partial charge in [-0.05, 0) is 31.2 Å². The summed E-state index contributed by atoms with van der Waals surface area (Å²) in [5.74, 6) is -0.101. The Hall–Kier alpha value is -1.88. The molecule has 5 heteroatoms. The molecular formula is C20H30N2O3. The van der Waals surface area contributed by atoms with Crippen LogP contribution in [0.3, 0.4) is 0 Å². The van der Waals surface area contributed by atoms with Crippen molar-refractivity contribution in [2.24, 2.45) is 11.8 Å². The highest BCUT2D eigenvalue weighted by Gasteiger charge is 2.30. The number of nitrogens with zero attached hydrogens (tertiary/aromatic N) is 1. The van der Waals surface area contributed by atoms with Crippen LogP contribution in [-0.2, 0) is 16.0 Å². The van der Waals surface area contributed by atoms with Crippen LogP contribution in [0.1, 0.15) is 38.7 Å². The number of aliphatic hydroxyl groups excluding tert-OH is 1. The highest BCUT2D eigenvalue weighted by atomic mass is 16.3. The van der Waals surface area contributed by atoms with Gasteiger partial charge in [-0.2, -0.15) is 0 Å². The molecule has 0 aromatic heterocycles. The molecule has 1 aliphatic heterocycles. The first kappa shape index (κ1) is 19.4. The standard InChI is InChI=1S/C20H30N2O3/c1-3-15(2)20(25)22-11-7-10-17(13-22)19(24)21-18(14-23)12-16-8-5-4-6-9-16/h4-6,8-9,15,17-18,23H,3,7,10-14H2,1-2H3,(H,21,24)/t15-,17+,18-/m0/s1. The van der Waals surface area contributed by atoms with E-state index in [0.717, 1.165) is 31.4 Å². The summed E-state index contributed by atoms with van der Waals surface area (Å²) < 4.78 is 0. The van der Waals surface area contributed by atoms with E-state index in [2.05, 4.69) is 5.32 Å². The van der Waals surface area contributed by atoms with Gasteiger partial charge in [-0.15, -0.1) is 0 Å². The van der Waals surface area contributed by atoms with E-state index in [1.807, 2.05) is 49.1 Å². The number of amides is 2. The van der Waals surface area contributed by atoms with Crippen LogP contribution in [0.4, 0.5) is 0 Å². The first-order valence-corrected chi connectivity index (χ1v) is 9.29. The van der Waals surface area contributed by atoms with E-state index >= 15 is 0 Å². The van der Waals surface area contributed by atoms with Crippen LogP contribution in [0.25, 0.3) is 0 Å². The summed E-state index contributed by atoms with van der Waals surface area (Å²) in [4.78, 5) is 26.8. The number of rotatable bonds is 7. The SMILES string of the molecule is CC[C@H](C)C(=O)N1CCC[C@@H](C(=O)N[C@H](CO)Cc2ccccc2)C1. The molecule has 1 saturated heterocycles. The summed E-state index contributed by atoms with van der Waals surface area (Å²) >= 11 is 0. The first-order valence-electron chi connectivity index (χ1n) is 9.29. The van der Waals surface area contributed by atoms with E-state index in [4.69, 9.17) is 0 Å². The van der Waals surface area contributed by atoms with Crippen molar-refractivity contribution in [3.8, 4) is 0 Å². The second kappa shape index (κ2) is 9.56. The highest BCUT2D eigenvalue weighted by molar-refractivity contribution is 5.82. The molecule has 2 amide bonds. The van der Waals surface area contributed by atoms with Gasteiger partial charge in [-0.1, -0.05) is 44.2 Å². The van der Waals surface area contributed by atoms with Crippen LogP contribution in [-0.4, -0.2) is 47.6 Å². The van der Waals surface area contributed by atoms with Crippen molar-refractivity contribution in [1.29, 1.82) is 0 Å². The van der Waals surface area contributed by atoms with Gasteiger partial charge in [-0.25, -0.2) is 0 Å². The third kappa shape index (κ3) is 5.56. The molecule has 1 fully saturated rings. The van der Waals surface area contributed by atoms with E-state index in [1.165, 1.54) is 0 Å². The minimum atomic E-state index is -0.296. The van der Waals surface area contributed by atoms with Crippen LogP contribution >= 0.6 is 0 Å². The Morgan fingerprint density at radius 1 is 1.32 bits per heavy atom. The molecule has 1 aromatic carbocycles. The van der Waals surface area contributed by atoms with Crippen LogP contribution in [0.2, 0.25) is 0 Å². The second-order valence-electron chi connectivity index (χ2n) is 7.01. The molecule has 0 aliphatic carbocycles. The number of likely N-dealkylation sites (tertiary alicyclic amines) is 1. The quantitative estimate of drug-likeness (QED) is 0.793. The number of carbonyl (C=O) groups is 2. The van der Waals surface area contributed by atoms with Gasteiger partial charge in [0.15, 0.2) is 0 Å². The number of nitrogens with one attached hydrogen (secondary N) is 1. The molecule has 25 heavy (non-hydrogen) atoms. The summed E-state index contributed by atoms with van der Waals surface area (Å²) in [5, 5.41) is 12.6. The topological polar surface area (TPSA) is 69.6 Å². The summed E-state index contributed by atoms with van der Waals surface area (Å²) in [7, 11) is 0. The van der Waals surface area contributed by atoms with Gasteiger partial charge in [0.1, 0.15) is 0 Å². The van der Waals surface area contributed by atoms with Gasteiger partial charge in [-0.3, -0.25) is 9.59 Å². The molecule has 2 N–H and O–H groups in total. The Morgan fingerprint density at radius 2 is 2.04 bits per heavy atom. The van der Waals surface area contributed by atoms with Crippen LogP contribution in [0.5, 0.6) is 0 Å². The summed E-state index contributed by atoms with van der Waals surface area (Å²) in [5.41, 5.74) is 1.08. The Morgan fingerprint density at radius 3 is 2.68 bits per heavy atom. The van der Waals surface area contributed by atoms with Crippen LogP contribution in [0.15, 0.2) is 30.3 Å². The molecule has 2 rings (SSSR count). The third-order valence-corrected chi connectivity index (χ3v) is 5.03. The Bertz CT molecular complexity index is 561. The third-order valence-electron chi connectivity index (χ3n) is 5.03. The van der Waals surface area contributed by atoms with E-state index in [9.17, 15) is 14.7 Å². The smallest absolute Gasteiger partial charge is 0.225 e. The summed E-state index contributed by atoms with van der Waals surface area (Å²) in [6.07, 6.45) is 3.06. The number of aliphatic hydroxyl groups is 1. The van der Waals surface area contributed by atoms with E-state index in [0.29, 0.717) is 13.0 Å². The normalized spacial score (nSPS) is 20.0. The monoisotopic (exact) mass is 346 g/mol. The molecule has 1 aromatic rings. The number of benzene rings is 1. The van der Waals surface area contributed by atoms with Crippen molar-refractivity contribution >= 4 is 11.8 Å². The van der Waals surface area contributed by atoms with Gasteiger partial charge < -0.3 is 15.3 Å². The Balaban J connectivity index is 1.91. The fourth-order valence-corrected chi connectivity index (χ4v) is 3.26. The zero-order valence-electron chi connectivity index (χ0n) is 15.3. The first-order chi connectivity index (χ1) is 12.0. The minimum absolute atomic E-state index is 0.00471. The van der Waals surface area contributed by atoms with Crippen molar-refractivity contribution in [3.05, 3.63) is 35.9 Å². The Kier molecular flexibility index (Phi) is 7.44. The molecule has 0 saturated carbocycles. The molecule has 0 unspecified atom stereocenters. The minimum Gasteiger partial charge on any atom is -0.394 e. The lowest BCUT2D eigenvalue weighted by molar-refractivity contribution is -0.139. The maximum absolute atomic E-state index is 12.6. The molecule has 1 heterocycles. The molecule has 0 bridgehead atoms. The molecule has 0 radical (unpaired) electrons. The number of carbonyl (C=O) groups excluding carboxylic acids is 2. The molecular weight excluding hydrogens is 316 g/mol. The van der Waals surface area contributed by atoms with Gasteiger partial charge in [0.05, 0.1) is 18.6 Å². The number of hydrogen-bond acceptors (Lipinski definition) is 3. The van der Waals surface area contributed by atoms with Crippen molar-refractivity contribution in [2.75, 3.05) is 19.7 Å². The molecule has 5 nitrogen and oxygen atoms in total. The van der Waals surface area contributed by atoms with Gasteiger partial charge in [0, 0.05) is 19.0 Å². The van der Waals surface area contributed by atoms with Crippen LogP contribution in [0, 0.1) is 11.8 Å². The van der Waals surface area contributed by atoms with Crippen molar-refractivity contribution in [3.63, 3.8) is 0 Å². The second-order valence-corrected chi connectivity index (χ2v) is 7.01. The lowest BCUT2D eigenvalue weighted by Gasteiger charge is -2.34. The molecule has 3 atom stereocenters. The van der Waals surface area contributed by atoms with E-state index < -0.39 is 0 Å². The largest absolute Gasteiger partial charge is 0.394 e. The zero-order valence-corrected chi connectivity index (χ0v) is 15.3. The maximum atomic E-state index is 12.6. The summed E-state index contributed by atoms with van der Waals surface area (Å²) in [6.45, 7) is 5.07.